The van der Waals surface area contributed by atoms with E-state index in [0.29, 0.717) is 31.1 Å². The van der Waals surface area contributed by atoms with E-state index in [0.717, 1.165) is 5.56 Å². The number of nitrogen functional groups attached to an aromatic ring is 1. The standard InChI is InChI=1S/C13H21N3O2/c1-10-5-4-6-11(14)13(10)15-12(17)9-16(2)7-8-18-3/h4-6H,7-9,14H2,1-3H3,(H,15,17). The smallest absolute Gasteiger partial charge is 0.238 e. The fourth-order valence-electron chi connectivity index (χ4n) is 1.61. The normalized spacial score (nSPS) is 10.7. The van der Waals surface area contributed by atoms with E-state index in [1.54, 1.807) is 13.2 Å². The second-order valence-electron chi connectivity index (χ2n) is 4.32. The van der Waals surface area contributed by atoms with Crippen LogP contribution in [0.15, 0.2) is 18.2 Å². The van der Waals surface area contributed by atoms with Crippen molar-refractivity contribution >= 4 is 17.3 Å². The van der Waals surface area contributed by atoms with Crippen molar-refractivity contribution in [1.82, 2.24) is 4.90 Å². The second kappa shape index (κ2) is 6.98. The van der Waals surface area contributed by atoms with E-state index in [9.17, 15) is 4.79 Å². The van der Waals surface area contributed by atoms with Gasteiger partial charge in [0.15, 0.2) is 0 Å². The first kappa shape index (κ1) is 14.5. The van der Waals surface area contributed by atoms with Gasteiger partial charge in [-0.2, -0.15) is 0 Å². The van der Waals surface area contributed by atoms with Gasteiger partial charge in [0.05, 0.1) is 24.5 Å². The molecule has 0 fully saturated rings. The maximum atomic E-state index is 11.8. The minimum absolute atomic E-state index is 0.0744. The number of hydrogen-bond acceptors (Lipinski definition) is 4. The van der Waals surface area contributed by atoms with Crippen LogP contribution in [-0.2, 0) is 9.53 Å². The Morgan fingerprint density at radius 2 is 2.22 bits per heavy atom. The summed E-state index contributed by atoms with van der Waals surface area (Å²) in [6.07, 6.45) is 0. The van der Waals surface area contributed by atoms with Crippen molar-refractivity contribution in [1.29, 1.82) is 0 Å². The lowest BCUT2D eigenvalue weighted by Gasteiger charge is -2.17. The zero-order valence-electron chi connectivity index (χ0n) is 11.2. The molecule has 0 unspecified atom stereocenters. The number of aryl methyl sites for hydroxylation is 1. The van der Waals surface area contributed by atoms with Crippen LogP contribution >= 0.6 is 0 Å². The number of methoxy groups -OCH3 is 1. The van der Waals surface area contributed by atoms with E-state index < -0.39 is 0 Å². The fourth-order valence-corrected chi connectivity index (χ4v) is 1.61. The minimum atomic E-state index is -0.0744. The Labute approximate surface area is 108 Å². The highest BCUT2D eigenvalue weighted by atomic mass is 16.5. The van der Waals surface area contributed by atoms with Gasteiger partial charge in [0.1, 0.15) is 0 Å². The van der Waals surface area contributed by atoms with Crippen molar-refractivity contribution in [2.24, 2.45) is 0 Å². The number of nitrogens with zero attached hydrogens (tertiary/aromatic N) is 1. The van der Waals surface area contributed by atoms with Crippen LogP contribution < -0.4 is 11.1 Å². The van der Waals surface area contributed by atoms with Crippen LogP contribution in [-0.4, -0.2) is 44.7 Å². The van der Waals surface area contributed by atoms with Gasteiger partial charge >= 0.3 is 0 Å². The molecule has 0 saturated carbocycles. The Morgan fingerprint density at radius 3 is 2.83 bits per heavy atom. The molecule has 0 spiro atoms. The number of ether oxygens (including phenoxy) is 1. The Hall–Kier alpha value is -1.59. The van der Waals surface area contributed by atoms with Crippen molar-refractivity contribution in [2.75, 3.05) is 44.9 Å². The molecule has 1 aromatic rings. The Balaban J connectivity index is 2.54. The average Bonchev–Trinajstić information content (AvgIpc) is 2.31. The molecule has 1 amide bonds. The molecule has 0 heterocycles. The van der Waals surface area contributed by atoms with Crippen molar-refractivity contribution < 1.29 is 9.53 Å². The van der Waals surface area contributed by atoms with Gasteiger partial charge in [-0.1, -0.05) is 12.1 Å². The number of hydrogen-bond donors (Lipinski definition) is 2. The first-order chi connectivity index (χ1) is 8.54. The molecular formula is C13H21N3O2. The summed E-state index contributed by atoms with van der Waals surface area (Å²) in [5.41, 5.74) is 8.08. The summed E-state index contributed by atoms with van der Waals surface area (Å²) in [6.45, 7) is 3.56. The lowest BCUT2D eigenvalue weighted by atomic mass is 10.1. The second-order valence-corrected chi connectivity index (χ2v) is 4.32. The van der Waals surface area contributed by atoms with E-state index in [1.807, 2.05) is 31.0 Å². The third-order valence-electron chi connectivity index (χ3n) is 2.66. The highest BCUT2D eigenvalue weighted by molar-refractivity contribution is 5.96. The van der Waals surface area contributed by atoms with Crippen LogP contribution in [0.3, 0.4) is 0 Å². The van der Waals surface area contributed by atoms with Crippen molar-refractivity contribution in [3.05, 3.63) is 23.8 Å². The molecule has 1 rings (SSSR count). The largest absolute Gasteiger partial charge is 0.397 e. The average molecular weight is 251 g/mol. The molecule has 0 aliphatic rings. The number of nitrogens with one attached hydrogen (secondary N) is 1. The van der Waals surface area contributed by atoms with E-state index in [1.165, 1.54) is 0 Å². The molecule has 0 bridgehead atoms. The summed E-state index contributed by atoms with van der Waals surface area (Å²) in [4.78, 5) is 13.7. The van der Waals surface area contributed by atoms with E-state index in [-0.39, 0.29) is 5.91 Å². The topological polar surface area (TPSA) is 67.6 Å². The number of likely N-dealkylation sites (N-methyl/N-ethyl adjacent to an activating group) is 1. The maximum absolute atomic E-state index is 11.8. The molecule has 3 N–H and O–H groups in total. The SMILES string of the molecule is COCCN(C)CC(=O)Nc1c(C)cccc1N. The number of benzene rings is 1. The third kappa shape index (κ3) is 4.35. The summed E-state index contributed by atoms with van der Waals surface area (Å²) in [6, 6.07) is 5.56. The van der Waals surface area contributed by atoms with Crippen LogP contribution in [0.25, 0.3) is 0 Å². The number of carbonyl (C=O) groups excluding carboxylic acids is 1. The lowest BCUT2D eigenvalue weighted by molar-refractivity contribution is -0.117. The van der Waals surface area contributed by atoms with Gasteiger partial charge in [0.25, 0.3) is 0 Å². The van der Waals surface area contributed by atoms with Crippen LogP contribution in [0.1, 0.15) is 5.56 Å². The number of carbonyl (C=O) groups is 1. The number of rotatable bonds is 6. The van der Waals surface area contributed by atoms with E-state index >= 15 is 0 Å². The van der Waals surface area contributed by atoms with Gasteiger partial charge in [-0.05, 0) is 25.6 Å². The Bertz CT molecular complexity index is 387. The van der Waals surface area contributed by atoms with Crippen LogP contribution in [0.2, 0.25) is 0 Å². The van der Waals surface area contributed by atoms with Crippen molar-refractivity contribution in [3.8, 4) is 0 Å². The van der Waals surface area contributed by atoms with Crippen LogP contribution in [0.4, 0.5) is 11.4 Å². The third-order valence-corrected chi connectivity index (χ3v) is 2.66. The molecule has 0 saturated heterocycles. The predicted octanol–water partition coefficient (Wildman–Crippen LogP) is 1.09. The van der Waals surface area contributed by atoms with Gasteiger partial charge in [0.2, 0.25) is 5.91 Å². The van der Waals surface area contributed by atoms with Crippen molar-refractivity contribution in [2.45, 2.75) is 6.92 Å². The molecule has 0 aliphatic heterocycles. The van der Waals surface area contributed by atoms with Crippen LogP contribution in [0, 0.1) is 6.92 Å². The quantitative estimate of drug-likeness (QED) is 0.743. The van der Waals surface area contributed by atoms with Gasteiger partial charge in [0, 0.05) is 13.7 Å². The summed E-state index contributed by atoms with van der Waals surface area (Å²) in [5, 5.41) is 2.84. The molecule has 0 aliphatic carbocycles. The minimum Gasteiger partial charge on any atom is -0.397 e. The maximum Gasteiger partial charge on any atom is 0.238 e. The predicted molar refractivity (Wildman–Crippen MR) is 73.6 cm³/mol. The first-order valence-corrected chi connectivity index (χ1v) is 5.87. The molecule has 18 heavy (non-hydrogen) atoms. The Kier molecular flexibility index (Phi) is 5.61. The molecule has 5 nitrogen and oxygen atoms in total. The van der Waals surface area contributed by atoms with E-state index in [2.05, 4.69) is 5.32 Å². The van der Waals surface area contributed by atoms with E-state index in [4.69, 9.17) is 10.5 Å². The lowest BCUT2D eigenvalue weighted by Crippen LogP contribution is -2.32. The highest BCUT2D eigenvalue weighted by Gasteiger charge is 2.09. The van der Waals surface area contributed by atoms with Gasteiger partial charge < -0.3 is 15.8 Å². The van der Waals surface area contributed by atoms with Gasteiger partial charge in [-0.25, -0.2) is 0 Å². The number of amides is 1. The summed E-state index contributed by atoms with van der Waals surface area (Å²) < 4.78 is 4.96. The monoisotopic (exact) mass is 251 g/mol. The molecule has 0 aromatic heterocycles. The zero-order valence-corrected chi connectivity index (χ0v) is 11.2. The summed E-state index contributed by atoms with van der Waals surface area (Å²) >= 11 is 0. The molecule has 100 valence electrons. The number of anilines is 2. The molecule has 0 atom stereocenters. The zero-order chi connectivity index (χ0) is 13.5. The Morgan fingerprint density at radius 1 is 1.50 bits per heavy atom. The molecule has 5 heteroatoms. The first-order valence-electron chi connectivity index (χ1n) is 5.87. The van der Waals surface area contributed by atoms with Gasteiger partial charge in [-0.3, -0.25) is 9.69 Å². The van der Waals surface area contributed by atoms with Gasteiger partial charge in [-0.15, -0.1) is 0 Å². The molecular weight excluding hydrogens is 230 g/mol. The van der Waals surface area contributed by atoms with Crippen LogP contribution in [0.5, 0.6) is 0 Å². The summed E-state index contributed by atoms with van der Waals surface area (Å²) in [5.74, 6) is -0.0744. The fraction of sp³-hybridized carbons (Fsp3) is 0.462. The van der Waals surface area contributed by atoms with Crippen molar-refractivity contribution in [3.63, 3.8) is 0 Å². The number of para-hydroxylation sites is 1. The number of nitrogens with two attached hydrogens (primary N) is 1. The summed E-state index contributed by atoms with van der Waals surface area (Å²) in [7, 11) is 3.52. The molecule has 1 aromatic carbocycles. The highest BCUT2D eigenvalue weighted by Crippen LogP contribution is 2.22. The molecule has 0 radical (unpaired) electrons.